The molecule has 0 amide bonds. The summed E-state index contributed by atoms with van der Waals surface area (Å²) in [5, 5.41) is 12.4. The fourth-order valence-corrected chi connectivity index (χ4v) is 1.45. The van der Waals surface area contributed by atoms with Gasteiger partial charge in [-0.15, -0.1) is 0 Å². The van der Waals surface area contributed by atoms with Crippen molar-refractivity contribution in [2.75, 3.05) is 11.9 Å². The van der Waals surface area contributed by atoms with Gasteiger partial charge in [0.05, 0.1) is 17.4 Å². The largest absolute Gasteiger partial charge is 0.379 e. The molecule has 0 aliphatic heterocycles. The van der Waals surface area contributed by atoms with E-state index >= 15 is 0 Å². The Labute approximate surface area is 88.5 Å². The number of nitrogens with two attached hydrogens (primary N) is 1. The molecule has 4 nitrogen and oxygen atoms in total. The molecule has 78 valence electrons. The first-order valence-electron chi connectivity index (χ1n) is 4.98. The minimum Gasteiger partial charge on any atom is -0.379 e. The molecular formula is C11H14N4. The lowest BCUT2D eigenvalue weighted by Crippen LogP contribution is -2.25. The summed E-state index contributed by atoms with van der Waals surface area (Å²) in [7, 11) is 0. The highest BCUT2D eigenvalue weighted by atomic mass is 15.1. The maximum absolute atomic E-state index is 5.57. The molecule has 1 atom stereocenters. The van der Waals surface area contributed by atoms with Crippen LogP contribution < -0.4 is 11.1 Å². The Morgan fingerprint density at radius 1 is 1.40 bits per heavy atom. The quantitative estimate of drug-likeness (QED) is 0.789. The predicted molar refractivity (Wildman–Crippen MR) is 61.7 cm³/mol. The van der Waals surface area contributed by atoms with Gasteiger partial charge in [0, 0.05) is 18.0 Å². The highest BCUT2D eigenvalue weighted by molar-refractivity contribution is 5.90. The lowest BCUT2D eigenvalue weighted by molar-refractivity contribution is 0.803. The van der Waals surface area contributed by atoms with Crippen LogP contribution in [0, 0.1) is 0 Å². The van der Waals surface area contributed by atoms with Crippen molar-refractivity contribution in [2.45, 2.75) is 13.0 Å². The van der Waals surface area contributed by atoms with Crippen LogP contribution in [0.15, 0.2) is 30.5 Å². The van der Waals surface area contributed by atoms with Gasteiger partial charge < -0.3 is 11.1 Å². The molecule has 0 fully saturated rings. The third kappa shape index (κ3) is 2.05. The van der Waals surface area contributed by atoms with Crippen molar-refractivity contribution in [2.24, 2.45) is 5.73 Å². The summed E-state index contributed by atoms with van der Waals surface area (Å²) in [4.78, 5) is 0. The second-order valence-corrected chi connectivity index (χ2v) is 3.56. The molecule has 0 spiro atoms. The second kappa shape index (κ2) is 4.23. The highest BCUT2D eigenvalue weighted by Crippen LogP contribution is 2.20. The van der Waals surface area contributed by atoms with Crippen LogP contribution in [0.4, 0.5) is 5.69 Å². The van der Waals surface area contributed by atoms with Crippen molar-refractivity contribution >= 4 is 16.6 Å². The number of anilines is 1. The maximum Gasteiger partial charge on any atom is 0.0950 e. The second-order valence-electron chi connectivity index (χ2n) is 3.56. The van der Waals surface area contributed by atoms with Crippen molar-refractivity contribution in [1.82, 2.24) is 10.2 Å². The summed E-state index contributed by atoms with van der Waals surface area (Å²) in [6.45, 7) is 2.63. The Hall–Kier alpha value is -1.68. The standard InChI is InChI=1S/C11H14N4/c1-8(6-12)14-11-7-13-15-10-5-3-2-4-9(10)11/h2-5,7-8H,6,12H2,1H3,(H,14,15). The number of hydrogen-bond acceptors (Lipinski definition) is 4. The highest BCUT2D eigenvalue weighted by Gasteiger charge is 2.04. The van der Waals surface area contributed by atoms with E-state index in [0.29, 0.717) is 6.54 Å². The van der Waals surface area contributed by atoms with Crippen molar-refractivity contribution in [3.05, 3.63) is 30.5 Å². The van der Waals surface area contributed by atoms with E-state index in [1.165, 1.54) is 0 Å². The van der Waals surface area contributed by atoms with Crippen LogP contribution in [0.3, 0.4) is 0 Å². The summed E-state index contributed by atoms with van der Waals surface area (Å²) in [6.07, 6.45) is 1.73. The number of aromatic nitrogens is 2. The molecule has 0 bridgehead atoms. The van der Waals surface area contributed by atoms with Gasteiger partial charge in [-0.1, -0.05) is 18.2 Å². The van der Waals surface area contributed by atoms with E-state index in [2.05, 4.69) is 15.5 Å². The summed E-state index contributed by atoms with van der Waals surface area (Å²) >= 11 is 0. The van der Waals surface area contributed by atoms with E-state index in [9.17, 15) is 0 Å². The Morgan fingerprint density at radius 2 is 2.20 bits per heavy atom. The van der Waals surface area contributed by atoms with E-state index < -0.39 is 0 Å². The van der Waals surface area contributed by atoms with E-state index in [1.807, 2.05) is 31.2 Å². The van der Waals surface area contributed by atoms with Crippen molar-refractivity contribution in [1.29, 1.82) is 0 Å². The SMILES string of the molecule is CC(CN)Nc1cnnc2ccccc12. The normalized spacial score (nSPS) is 12.7. The summed E-state index contributed by atoms with van der Waals surface area (Å²) < 4.78 is 0. The van der Waals surface area contributed by atoms with E-state index in [-0.39, 0.29) is 6.04 Å². The molecule has 0 aliphatic rings. The molecule has 15 heavy (non-hydrogen) atoms. The first kappa shape index (κ1) is 9.86. The van der Waals surface area contributed by atoms with Crippen LogP contribution in [-0.4, -0.2) is 22.8 Å². The molecule has 0 aliphatic carbocycles. The summed E-state index contributed by atoms with van der Waals surface area (Å²) in [6, 6.07) is 8.14. The van der Waals surface area contributed by atoms with Crippen LogP contribution >= 0.6 is 0 Å². The predicted octanol–water partition coefficient (Wildman–Crippen LogP) is 1.39. The van der Waals surface area contributed by atoms with Crippen LogP contribution in [0.2, 0.25) is 0 Å². The number of rotatable bonds is 3. The molecule has 2 aromatic rings. The lowest BCUT2D eigenvalue weighted by Gasteiger charge is -2.13. The van der Waals surface area contributed by atoms with Crippen LogP contribution in [0.1, 0.15) is 6.92 Å². The average Bonchev–Trinajstić information content (AvgIpc) is 2.29. The molecule has 0 radical (unpaired) electrons. The number of nitrogens with zero attached hydrogens (tertiary/aromatic N) is 2. The monoisotopic (exact) mass is 202 g/mol. The molecule has 1 aromatic carbocycles. The first-order valence-corrected chi connectivity index (χ1v) is 4.98. The minimum absolute atomic E-state index is 0.234. The van der Waals surface area contributed by atoms with Crippen molar-refractivity contribution in [3.8, 4) is 0 Å². The average molecular weight is 202 g/mol. The van der Waals surface area contributed by atoms with Gasteiger partial charge in [0.15, 0.2) is 0 Å². The van der Waals surface area contributed by atoms with Gasteiger partial charge in [0.1, 0.15) is 0 Å². The molecule has 3 N–H and O–H groups in total. The Bertz CT molecular complexity index is 450. The fourth-order valence-electron chi connectivity index (χ4n) is 1.45. The Morgan fingerprint density at radius 3 is 3.00 bits per heavy atom. The van der Waals surface area contributed by atoms with Crippen molar-refractivity contribution < 1.29 is 0 Å². The minimum atomic E-state index is 0.234. The lowest BCUT2D eigenvalue weighted by atomic mass is 10.2. The maximum atomic E-state index is 5.57. The van der Waals surface area contributed by atoms with Crippen LogP contribution in [0.5, 0.6) is 0 Å². The van der Waals surface area contributed by atoms with Gasteiger partial charge in [-0.2, -0.15) is 10.2 Å². The zero-order valence-corrected chi connectivity index (χ0v) is 8.64. The number of benzene rings is 1. The molecule has 1 heterocycles. The van der Waals surface area contributed by atoms with Gasteiger partial charge >= 0.3 is 0 Å². The molecule has 4 heteroatoms. The third-order valence-corrected chi connectivity index (χ3v) is 2.30. The summed E-state index contributed by atoms with van der Waals surface area (Å²) in [5.74, 6) is 0. The van der Waals surface area contributed by atoms with E-state index in [4.69, 9.17) is 5.73 Å². The molecule has 2 rings (SSSR count). The van der Waals surface area contributed by atoms with Crippen LogP contribution in [-0.2, 0) is 0 Å². The van der Waals surface area contributed by atoms with Gasteiger partial charge in [-0.05, 0) is 13.0 Å². The molecular weight excluding hydrogens is 188 g/mol. The molecule has 0 saturated carbocycles. The number of nitrogens with one attached hydrogen (secondary N) is 1. The van der Waals surface area contributed by atoms with Gasteiger partial charge in [0.25, 0.3) is 0 Å². The zero-order chi connectivity index (χ0) is 10.7. The number of fused-ring (bicyclic) bond motifs is 1. The van der Waals surface area contributed by atoms with E-state index in [0.717, 1.165) is 16.6 Å². The Balaban J connectivity index is 2.42. The Kier molecular flexibility index (Phi) is 2.78. The molecule has 1 unspecified atom stereocenters. The zero-order valence-electron chi connectivity index (χ0n) is 8.64. The van der Waals surface area contributed by atoms with E-state index in [1.54, 1.807) is 6.20 Å². The molecule has 1 aromatic heterocycles. The van der Waals surface area contributed by atoms with Gasteiger partial charge in [-0.3, -0.25) is 0 Å². The third-order valence-electron chi connectivity index (χ3n) is 2.30. The van der Waals surface area contributed by atoms with Gasteiger partial charge in [-0.25, -0.2) is 0 Å². The number of hydrogen-bond donors (Lipinski definition) is 2. The smallest absolute Gasteiger partial charge is 0.0950 e. The topological polar surface area (TPSA) is 63.8 Å². The van der Waals surface area contributed by atoms with Crippen molar-refractivity contribution in [3.63, 3.8) is 0 Å². The van der Waals surface area contributed by atoms with Gasteiger partial charge in [0.2, 0.25) is 0 Å². The first-order chi connectivity index (χ1) is 7.31. The van der Waals surface area contributed by atoms with Crippen LogP contribution in [0.25, 0.3) is 10.9 Å². The summed E-state index contributed by atoms with van der Waals surface area (Å²) in [5.41, 5.74) is 7.45. The molecule has 0 saturated heterocycles. The fraction of sp³-hybridized carbons (Fsp3) is 0.273.